The third-order valence-corrected chi connectivity index (χ3v) is 5.36. The predicted octanol–water partition coefficient (Wildman–Crippen LogP) is 2.54. The topological polar surface area (TPSA) is 113 Å². The molecule has 0 radical (unpaired) electrons. The molecular weight excluding hydrogens is 408 g/mol. The first-order chi connectivity index (χ1) is 14.4. The number of hydrogen-bond donors (Lipinski definition) is 2. The third kappa shape index (κ3) is 4.02. The molecule has 1 aliphatic rings. The maximum atomic E-state index is 13.0. The molecule has 0 spiro atoms. The van der Waals surface area contributed by atoms with Gasteiger partial charge < -0.3 is 15.2 Å². The number of fused-ring (bicyclic) bond motifs is 1. The van der Waals surface area contributed by atoms with Gasteiger partial charge in [-0.3, -0.25) is 19.3 Å². The quantitative estimate of drug-likeness (QED) is 0.396. The summed E-state index contributed by atoms with van der Waals surface area (Å²) < 4.78 is 4.60. The molecule has 0 fully saturated rings. The number of carbonyl (C=O) groups excluding carboxylic acids is 4. The third-order valence-electron chi connectivity index (χ3n) is 4.71. The highest BCUT2D eigenvalue weighted by Gasteiger charge is 2.42. The first kappa shape index (κ1) is 21.4. The van der Waals surface area contributed by atoms with Crippen LogP contribution in [0.15, 0.2) is 42.5 Å². The van der Waals surface area contributed by atoms with Crippen molar-refractivity contribution in [3.8, 4) is 5.75 Å². The molecule has 0 saturated carbocycles. The summed E-state index contributed by atoms with van der Waals surface area (Å²) >= 11 is 1.48. The summed E-state index contributed by atoms with van der Waals surface area (Å²) in [6.07, 6.45) is 2.11. The van der Waals surface area contributed by atoms with Crippen LogP contribution in [0.4, 0.5) is 5.69 Å². The molecule has 1 unspecified atom stereocenters. The average molecular weight is 428 g/mol. The maximum Gasteiger partial charge on any atom is 0.337 e. The van der Waals surface area contributed by atoms with Crippen LogP contribution >= 0.6 is 11.8 Å². The van der Waals surface area contributed by atoms with Gasteiger partial charge in [-0.1, -0.05) is 12.1 Å². The molecule has 0 saturated heterocycles. The molecule has 3 rings (SSSR count). The van der Waals surface area contributed by atoms with Gasteiger partial charge in [0, 0.05) is 0 Å². The van der Waals surface area contributed by atoms with Crippen molar-refractivity contribution in [1.82, 2.24) is 4.90 Å². The summed E-state index contributed by atoms with van der Waals surface area (Å²) in [6.45, 7) is 0. The van der Waals surface area contributed by atoms with E-state index in [1.165, 1.54) is 37.1 Å². The van der Waals surface area contributed by atoms with Crippen LogP contribution in [0.25, 0.3) is 0 Å². The van der Waals surface area contributed by atoms with E-state index in [-0.39, 0.29) is 34.5 Å². The lowest BCUT2D eigenvalue weighted by Crippen LogP contribution is -2.47. The number of imide groups is 1. The molecule has 156 valence electrons. The van der Waals surface area contributed by atoms with Crippen molar-refractivity contribution in [3.63, 3.8) is 0 Å². The smallest absolute Gasteiger partial charge is 0.337 e. The van der Waals surface area contributed by atoms with E-state index in [1.807, 2.05) is 6.26 Å². The lowest BCUT2D eigenvalue weighted by molar-refractivity contribution is -0.120. The molecule has 0 aromatic heterocycles. The molecule has 0 aliphatic carbocycles. The number of aromatic hydroxyl groups is 1. The zero-order valence-corrected chi connectivity index (χ0v) is 17.2. The molecular formula is C21H20N2O6S. The number of thioether (sulfide) groups is 1. The van der Waals surface area contributed by atoms with Crippen LogP contribution in [0.3, 0.4) is 0 Å². The number of nitrogens with zero attached hydrogens (tertiary/aromatic N) is 1. The first-order valence-corrected chi connectivity index (χ1v) is 10.5. The molecule has 30 heavy (non-hydrogen) atoms. The van der Waals surface area contributed by atoms with E-state index in [0.29, 0.717) is 5.75 Å². The maximum absolute atomic E-state index is 13.0. The van der Waals surface area contributed by atoms with Gasteiger partial charge in [0.1, 0.15) is 11.8 Å². The highest BCUT2D eigenvalue weighted by molar-refractivity contribution is 7.98. The number of phenolic OH excluding ortho intramolecular Hbond substituents is 1. The van der Waals surface area contributed by atoms with Crippen molar-refractivity contribution < 1.29 is 29.0 Å². The van der Waals surface area contributed by atoms with Crippen LogP contribution in [0.1, 0.15) is 37.5 Å². The SMILES string of the molecule is COC(=O)c1ccc(NC(=O)C(CCSC)N2C(=O)c3ccccc3C2=O)c(O)c1. The number of phenols is 1. The van der Waals surface area contributed by atoms with Crippen LogP contribution in [0, 0.1) is 0 Å². The van der Waals surface area contributed by atoms with Gasteiger partial charge in [0.2, 0.25) is 5.91 Å². The molecule has 2 N–H and O–H groups in total. The van der Waals surface area contributed by atoms with E-state index in [1.54, 1.807) is 24.3 Å². The second-order valence-electron chi connectivity index (χ2n) is 6.54. The molecule has 2 aromatic rings. The van der Waals surface area contributed by atoms with Crippen molar-refractivity contribution in [3.05, 3.63) is 59.2 Å². The molecule has 1 aliphatic heterocycles. The van der Waals surface area contributed by atoms with E-state index >= 15 is 0 Å². The van der Waals surface area contributed by atoms with Gasteiger partial charge in [-0.2, -0.15) is 11.8 Å². The van der Waals surface area contributed by atoms with Gasteiger partial charge in [-0.15, -0.1) is 0 Å². The molecule has 8 nitrogen and oxygen atoms in total. The number of amides is 3. The second-order valence-corrected chi connectivity index (χ2v) is 7.52. The Hall–Kier alpha value is -3.33. The van der Waals surface area contributed by atoms with Gasteiger partial charge in [-0.25, -0.2) is 4.79 Å². The van der Waals surface area contributed by atoms with Gasteiger partial charge in [0.15, 0.2) is 0 Å². The van der Waals surface area contributed by atoms with Gasteiger partial charge >= 0.3 is 5.97 Å². The Labute approximate surface area is 177 Å². The largest absolute Gasteiger partial charge is 0.506 e. The Bertz CT molecular complexity index is 987. The minimum absolute atomic E-state index is 0.0541. The fourth-order valence-electron chi connectivity index (χ4n) is 3.20. The van der Waals surface area contributed by atoms with E-state index in [0.717, 1.165) is 4.90 Å². The summed E-state index contributed by atoms with van der Waals surface area (Å²) in [5.74, 6) is -2.09. The Morgan fingerprint density at radius 2 is 1.77 bits per heavy atom. The predicted molar refractivity (Wildman–Crippen MR) is 112 cm³/mol. The van der Waals surface area contributed by atoms with Crippen LogP contribution in [-0.2, 0) is 9.53 Å². The Morgan fingerprint density at radius 3 is 2.30 bits per heavy atom. The molecule has 9 heteroatoms. The fourth-order valence-corrected chi connectivity index (χ4v) is 3.66. The van der Waals surface area contributed by atoms with Crippen molar-refractivity contribution in [2.75, 3.05) is 24.4 Å². The Kier molecular flexibility index (Phi) is 6.41. The number of hydrogen-bond acceptors (Lipinski definition) is 7. The molecule has 0 bridgehead atoms. The lowest BCUT2D eigenvalue weighted by Gasteiger charge is -2.25. The van der Waals surface area contributed by atoms with E-state index in [2.05, 4.69) is 10.1 Å². The fraction of sp³-hybridized carbons (Fsp3) is 0.238. The number of anilines is 1. The second kappa shape index (κ2) is 9.00. The van der Waals surface area contributed by atoms with Crippen LogP contribution in [0.5, 0.6) is 5.75 Å². The minimum atomic E-state index is -1.05. The van der Waals surface area contributed by atoms with Crippen molar-refractivity contribution in [2.45, 2.75) is 12.5 Å². The number of ether oxygens (including phenoxy) is 1. The molecule has 1 atom stereocenters. The summed E-state index contributed by atoms with van der Waals surface area (Å²) in [5, 5.41) is 12.7. The highest BCUT2D eigenvalue weighted by atomic mass is 32.2. The number of benzene rings is 2. The highest BCUT2D eigenvalue weighted by Crippen LogP contribution is 2.29. The van der Waals surface area contributed by atoms with Gasteiger partial charge in [-0.05, 0) is 48.8 Å². The normalized spacial score (nSPS) is 13.7. The van der Waals surface area contributed by atoms with E-state index < -0.39 is 29.7 Å². The van der Waals surface area contributed by atoms with Crippen molar-refractivity contribution in [2.24, 2.45) is 0 Å². The van der Waals surface area contributed by atoms with Crippen LogP contribution in [-0.4, -0.2) is 58.9 Å². The lowest BCUT2D eigenvalue weighted by atomic mass is 10.1. The van der Waals surface area contributed by atoms with Crippen LogP contribution in [0.2, 0.25) is 0 Å². The monoisotopic (exact) mass is 428 g/mol. The molecule has 1 heterocycles. The average Bonchev–Trinajstić information content (AvgIpc) is 3.00. The standard InChI is InChI=1S/C21H20N2O6S/c1-29-21(28)12-7-8-15(17(24)11-12)22-18(25)16(9-10-30-2)23-19(26)13-5-3-4-6-14(13)20(23)27/h3-8,11,16,24H,9-10H2,1-2H3,(H,22,25). The number of nitrogens with one attached hydrogen (secondary N) is 1. The van der Waals surface area contributed by atoms with E-state index in [4.69, 9.17) is 0 Å². The summed E-state index contributed by atoms with van der Waals surface area (Å²) in [7, 11) is 1.22. The summed E-state index contributed by atoms with van der Waals surface area (Å²) in [5.41, 5.74) is 0.690. The Balaban J connectivity index is 1.86. The summed E-state index contributed by atoms with van der Waals surface area (Å²) in [6, 6.07) is 9.28. The number of esters is 1. The molecule has 3 amide bonds. The number of carbonyl (C=O) groups is 4. The number of methoxy groups -OCH3 is 1. The molecule has 2 aromatic carbocycles. The zero-order valence-electron chi connectivity index (χ0n) is 16.4. The summed E-state index contributed by atoms with van der Waals surface area (Å²) in [4.78, 5) is 51.2. The van der Waals surface area contributed by atoms with E-state index in [9.17, 15) is 24.3 Å². The number of rotatable bonds is 7. The Morgan fingerprint density at radius 1 is 1.13 bits per heavy atom. The van der Waals surface area contributed by atoms with Crippen molar-refractivity contribution in [1.29, 1.82) is 0 Å². The van der Waals surface area contributed by atoms with Crippen molar-refractivity contribution >= 4 is 41.1 Å². The van der Waals surface area contributed by atoms with Gasteiger partial charge in [0.25, 0.3) is 11.8 Å². The van der Waals surface area contributed by atoms with Crippen LogP contribution < -0.4 is 5.32 Å². The van der Waals surface area contributed by atoms with Gasteiger partial charge in [0.05, 0.1) is 29.5 Å². The zero-order chi connectivity index (χ0) is 21.8. The first-order valence-electron chi connectivity index (χ1n) is 9.07. The minimum Gasteiger partial charge on any atom is -0.506 e.